The number of thiophene rings is 1. The van der Waals surface area contributed by atoms with Crippen LogP contribution in [0.2, 0.25) is 0 Å². The van der Waals surface area contributed by atoms with Gasteiger partial charge < -0.3 is 5.32 Å². The topological polar surface area (TPSA) is 81.8 Å². The minimum Gasteiger partial charge on any atom is -0.346 e. The largest absolute Gasteiger partial charge is 0.346 e. The molecule has 0 radical (unpaired) electrons. The summed E-state index contributed by atoms with van der Waals surface area (Å²) in [5.41, 5.74) is 1.43. The van der Waals surface area contributed by atoms with E-state index in [2.05, 4.69) is 15.4 Å². The van der Waals surface area contributed by atoms with E-state index in [0.29, 0.717) is 16.8 Å². The van der Waals surface area contributed by atoms with Crippen molar-refractivity contribution in [3.63, 3.8) is 0 Å². The molecule has 0 saturated carbocycles. The molecule has 0 aliphatic rings. The average Bonchev–Trinajstić information content (AvgIpc) is 3.36. The molecule has 1 N–H and O–H groups in total. The molecule has 4 rings (SSSR count). The molecule has 3 heterocycles. The van der Waals surface area contributed by atoms with E-state index in [1.165, 1.54) is 22.2 Å². The first-order valence-corrected chi connectivity index (χ1v) is 9.33. The van der Waals surface area contributed by atoms with Crippen molar-refractivity contribution in [2.24, 2.45) is 0 Å². The number of rotatable bonds is 6. The van der Waals surface area contributed by atoms with Crippen LogP contribution in [0.4, 0.5) is 0 Å². The highest BCUT2D eigenvalue weighted by molar-refractivity contribution is 7.17. The Bertz CT molecular complexity index is 1100. The Kier molecular flexibility index (Phi) is 4.80. The first kappa shape index (κ1) is 17.2. The maximum absolute atomic E-state index is 12.6. The predicted octanol–water partition coefficient (Wildman–Crippen LogP) is 2.21. The van der Waals surface area contributed by atoms with Crippen LogP contribution in [-0.2, 0) is 17.9 Å². The quantitative estimate of drug-likeness (QED) is 0.557. The average molecular weight is 379 g/mol. The number of hydrogen-bond donors (Lipinski definition) is 1. The smallest absolute Gasteiger partial charge is 0.271 e. The van der Waals surface area contributed by atoms with Crippen molar-refractivity contribution in [3.8, 4) is 0 Å². The Morgan fingerprint density at radius 2 is 2.04 bits per heavy atom. The predicted molar refractivity (Wildman–Crippen MR) is 103 cm³/mol. The monoisotopic (exact) mass is 379 g/mol. The van der Waals surface area contributed by atoms with Gasteiger partial charge in [-0.2, -0.15) is 5.10 Å². The van der Waals surface area contributed by atoms with Gasteiger partial charge in [0.1, 0.15) is 11.2 Å². The lowest BCUT2D eigenvalue weighted by molar-refractivity contribution is -0.122. The second-order valence-corrected chi connectivity index (χ2v) is 6.99. The van der Waals surface area contributed by atoms with Gasteiger partial charge in [-0.3, -0.25) is 18.8 Å². The molecule has 3 aromatic heterocycles. The van der Waals surface area contributed by atoms with Crippen LogP contribution < -0.4 is 10.9 Å². The lowest BCUT2D eigenvalue weighted by atomic mass is 10.1. The number of hydrogen-bond acceptors (Lipinski definition) is 5. The van der Waals surface area contributed by atoms with Crippen molar-refractivity contribution in [3.05, 3.63) is 82.5 Å². The number of carbonyl (C=O) groups excluding carboxylic acids is 1. The molecular formula is C19H17N5O2S. The summed E-state index contributed by atoms with van der Waals surface area (Å²) in [7, 11) is 0. The van der Waals surface area contributed by atoms with E-state index in [4.69, 9.17) is 0 Å². The number of nitrogens with one attached hydrogen (secondary N) is 1. The van der Waals surface area contributed by atoms with Gasteiger partial charge in [0.15, 0.2) is 0 Å². The van der Waals surface area contributed by atoms with E-state index < -0.39 is 0 Å². The fraction of sp³-hybridized carbons (Fsp3) is 0.158. The Balaban J connectivity index is 1.54. The van der Waals surface area contributed by atoms with E-state index >= 15 is 0 Å². The van der Waals surface area contributed by atoms with Crippen LogP contribution in [0.3, 0.4) is 0 Å². The third-order valence-electron chi connectivity index (χ3n) is 4.22. The highest BCUT2D eigenvalue weighted by Gasteiger charge is 2.17. The molecule has 7 nitrogen and oxygen atoms in total. The number of carbonyl (C=O) groups is 1. The molecule has 1 amide bonds. The Labute approximate surface area is 158 Å². The summed E-state index contributed by atoms with van der Waals surface area (Å²) < 4.78 is 3.66. The summed E-state index contributed by atoms with van der Waals surface area (Å²) in [5.74, 6) is -0.254. The normalized spacial score (nSPS) is 12.1. The maximum atomic E-state index is 12.6. The van der Waals surface area contributed by atoms with E-state index in [-0.39, 0.29) is 24.1 Å². The molecule has 1 aromatic carbocycles. The van der Waals surface area contributed by atoms with Crippen LogP contribution in [0.1, 0.15) is 11.6 Å². The highest BCUT2D eigenvalue weighted by Crippen LogP contribution is 2.15. The molecule has 0 fully saturated rings. The maximum Gasteiger partial charge on any atom is 0.271 e. The summed E-state index contributed by atoms with van der Waals surface area (Å²) in [4.78, 5) is 29.3. The zero-order chi connectivity index (χ0) is 18.6. The lowest BCUT2D eigenvalue weighted by Crippen LogP contribution is -2.36. The molecular weight excluding hydrogens is 362 g/mol. The standard InChI is InChI=1S/C19H17N5O2S/c25-17(12-23-13-20-15-7-10-27-18(15)19(23)26)22-16(11-24-9-4-8-21-24)14-5-2-1-3-6-14/h1-10,13,16H,11-12H2,(H,22,25)/t16-/m0/s1. The number of amides is 1. The molecule has 4 aromatic rings. The van der Waals surface area contributed by atoms with Crippen LogP contribution in [0.5, 0.6) is 0 Å². The number of benzene rings is 1. The first-order valence-electron chi connectivity index (χ1n) is 8.45. The Hall–Kier alpha value is -3.26. The second-order valence-electron chi connectivity index (χ2n) is 6.07. The van der Waals surface area contributed by atoms with Gasteiger partial charge >= 0.3 is 0 Å². The Morgan fingerprint density at radius 1 is 1.19 bits per heavy atom. The summed E-state index contributed by atoms with van der Waals surface area (Å²) in [5, 5.41) is 9.04. The van der Waals surface area contributed by atoms with Crippen molar-refractivity contribution in [2.75, 3.05) is 0 Å². The van der Waals surface area contributed by atoms with Gasteiger partial charge in [0, 0.05) is 12.4 Å². The summed E-state index contributed by atoms with van der Waals surface area (Å²) in [6, 6.07) is 13.1. The molecule has 27 heavy (non-hydrogen) atoms. The second kappa shape index (κ2) is 7.55. The van der Waals surface area contributed by atoms with Crippen molar-refractivity contribution in [2.45, 2.75) is 19.1 Å². The number of fused-ring (bicyclic) bond motifs is 1. The van der Waals surface area contributed by atoms with Crippen molar-refractivity contribution >= 4 is 27.5 Å². The molecule has 0 aliphatic carbocycles. The van der Waals surface area contributed by atoms with E-state index in [1.54, 1.807) is 16.9 Å². The zero-order valence-electron chi connectivity index (χ0n) is 14.4. The van der Waals surface area contributed by atoms with Gasteiger partial charge in [-0.25, -0.2) is 4.98 Å². The van der Waals surface area contributed by atoms with Gasteiger partial charge in [0.25, 0.3) is 5.56 Å². The molecule has 1 atom stereocenters. The molecule has 8 heteroatoms. The third kappa shape index (κ3) is 3.80. The fourth-order valence-corrected chi connectivity index (χ4v) is 3.69. The lowest BCUT2D eigenvalue weighted by Gasteiger charge is -2.19. The van der Waals surface area contributed by atoms with Gasteiger partial charge in [0.05, 0.1) is 24.4 Å². The summed E-state index contributed by atoms with van der Waals surface area (Å²) >= 11 is 1.33. The van der Waals surface area contributed by atoms with E-state index in [9.17, 15) is 9.59 Å². The number of nitrogens with zero attached hydrogens (tertiary/aromatic N) is 4. The molecule has 0 bridgehead atoms. The first-order chi connectivity index (χ1) is 13.2. The molecule has 136 valence electrons. The van der Waals surface area contributed by atoms with E-state index in [1.807, 2.05) is 48.0 Å². The fourth-order valence-electron chi connectivity index (χ4n) is 2.90. The van der Waals surface area contributed by atoms with Crippen molar-refractivity contribution in [1.82, 2.24) is 24.6 Å². The summed E-state index contributed by atoms with van der Waals surface area (Å²) in [6.45, 7) is 0.419. The van der Waals surface area contributed by atoms with Crippen molar-refractivity contribution < 1.29 is 4.79 Å². The zero-order valence-corrected chi connectivity index (χ0v) is 15.2. The van der Waals surface area contributed by atoms with Gasteiger partial charge in [-0.15, -0.1) is 11.3 Å². The van der Waals surface area contributed by atoms with Gasteiger partial charge in [0.2, 0.25) is 5.91 Å². The molecule has 0 aliphatic heterocycles. The minimum absolute atomic E-state index is 0.0812. The van der Waals surface area contributed by atoms with Crippen molar-refractivity contribution in [1.29, 1.82) is 0 Å². The molecule has 0 unspecified atom stereocenters. The third-order valence-corrected chi connectivity index (χ3v) is 5.11. The van der Waals surface area contributed by atoms with Crippen LogP contribution in [-0.4, -0.2) is 25.2 Å². The van der Waals surface area contributed by atoms with Crippen LogP contribution >= 0.6 is 11.3 Å². The number of aromatic nitrogens is 4. The van der Waals surface area contributed by atoms with E-state index in [0.717, 1.165) is 5.56 Å². The van der Waals surface area contributed by atoms with Crippen LogP contribution in [0, 0.1) is 0 Å². The highest BCUT2D eigenvalue weighted by atomic mass is 32.1. The van der Waals surface area contributed by atoms with Crippen LogP contribution in [0.15, 0.2) is 71.4 Å². The minimum atomic E-state index is -0.257. The summed E-state index contributed by atoms with van der Waals surface area (Å²) in [6.07, 6.45) is 4.97. The molecule has 0 saturated heterocycles. The molecule has 0 spiro atoms. The van der Waals surface area contributed by atoms with Gasteiger partial charge in [-0.05, 0) is 23.1 Å². The van der Waals surface area contributed by atoms with Gasteiger partial charge in [-0.1, -0.05) is 30.3 Å². The van der Waals surface area contributed by atoms with Crippen LogP contribution in [0.25, 0.3) is 10.2 Å². The SMILES string of the molecule is O=C(Cn1cnc2ccsc2c1=O)N[C@@H](Cn1cccn1)c1ccccc1. The Morgan fingerprint density at radius 3 is 2.81 bits per heavy atom.